The van der Waals surface area contributed by atoms with Crippen molar-refractivity contribution in [2.24, 2.45) is 12.8 Å². The van der Waals surface area contributed by atoms with Gasteiger partial charge in [-0.2, -0.15) is 4.98 Å². The van der Waals surface area contributed by atoms with Gasteiger partial charge in [-0.1, -0.05) is 6.07 Å². The maximum absolute atomic E-state index is 13.1. The lowest BCUT2D eigenvalue weighted by Gasteiger charge is -2.30. The van der Waals surface area contributed by atoms with E-state index in [1.165, 1.54) is 9.13 Å². The van der Waals surface area contributed by atoms with Crippen LogP contribution in [0.5, 0.6) is 0 Å². The van der Waals surface area contributed by atoms with Gasteiger partial charge >= 0.3 is 5.69 Å². The second-order valence-corrected chi connectivity index (χ2v) is 7.43. The third-order valence-corrected chi connectivity index (χ3v) is 5.38. The molecule has 5 rings (SSSR count). The summed E-state index contributed by atoms with van der Waals surface area (Å²) in [7, 11) is 1.61. The quantitative estimate of drug-likeness (QED) is 0.490. The first-order chi connectivity index (χ1) is 14.0. The molecule has 11 nitrogen and oxygen atoms in total. The number of anilines is 1. The van der Waals surface area contributed by atoms with Crippen LogP contribution in [0.1, 0.15) is 18.4 Å². The standard InChI is InChI=1S/C18H20N8O3/c1-24-15-14(20-17(21-15)25-6-2-3-11(19)9-25)16(27)26(18(24)28)8-10-4-5-12-13(7-10)23-29-22-12/h4-5,7,11H,2-3,6,8-9,19H2,1H3,(H,20,21). The van der Waals surface area contributed by atoms with Crippen LogP contribution in [0.3, 0.4) is 0 Å². The predicted molar refractivity (Wildman–Crippen MR) is 106 cm³/mol. The largest absolute Gasteiger partial charge is 0.341 e. The summed E-state index contributed by atoms with van der Waals surface area (Å²) in [4.78, 5) is 35.6. The maximum atomic E-state index is 13.1. The predicted octanol–water partition coefficient (Wildman–Crippen LogP) is -0.0647. The lowest BCUT2D eigenvalue weighted by molar-refractivity contribution is 0.315. The number of aryl methyl sites for hydroxylation is 1. The molecule has 150 valence electrons. The van der Waals surface area contributed by atoms with Gasteiger partial charge in [0, 0.05) is 26.2 Å². The van der Waals surface area contributed by atoms with Crippen molar-refractivity contribution in [1.29, 1.82) is 0 Å². The molecule has 0 spiro atoms. The Morgan fingerprint density at radius 2 is 2.10 bits per heavy atom. The van der Waals surface area contributed by atoms with Crippen LogP contribution in [0.15, 0.2) is 32.4 Å². The number of rotatable bonds is 3. The topological polar surface area (TPSA) is 141 Å². The summed E-state index contributed by atoms with van der Waals surface area (Å²) < 4.78 is 7.27. The SMILES string of the molecule is Cn1c(=O)n(Cc2ccc3nonc3c2)c(=O)c2[nH]c(N3CCCC(N)C3)nc21. The van der Waals surface area contributed by atoms with Gasteiger partial charge in [0.2, 0.25) is 5.95 Å². The molecule has 29 heavy (non-hydrogen) atoms. The number of fused-ring (bicyclic) bond motifs is 2. The molecule has 1 atom stereocenters. The summed E-state index contributed by atoms with van der Waals surface area (Å²) >= 11 is 0. The number of hydrogen-bond acceptors (Lipinski definition) is 8. The smallest absolute Gasteiger partial charge is 0.332 e. The van der Waals surface area contributed by atoms with Crippen molar-refractivity contribution in [2.75, 3.05) is 18.0 Å². The Bertz CT molecular complexity index is 1330. The molecule has 1 unspecified atom stereocenters. The summed E-state index contributed by atoms with van der Waals surface area (Å²) in [5.41, 5.74) is 7.77. The average Bonchev–Trinajstić information content (AvgIpc) is 3.36. The van der Waals surface area contributed by atoms with Crippen molar-refractivity contribution < 1.29 is 4.63 Å². The van der Waals surface area contributed by atoms with Crippen LogP contribution >= 0.6 is 0 Å². The van der Waals surface area contributed by atoms with E-state index in [1.807, 2.05) is 4.90 Å². The third-order valence-electron chi connectivity index (χ3n) is 5.38. The molecule has 1 aliphatic heterocycles. The van der Waals surface area contributed by atoms with E-state index in [-0.39, 0.29) is 12.6 Å². The zero-order valence-corrected chi connectivity index (χ0v) is 15.8. The van der Waals surface area contributed by atoms with Crippen molar-refractivity contribution in [3.63, 3.8) is 0 Å². The Morgan fingerprint density at radius 3 is 2.93 bits per heavy atom. The van der Waals surface area contributed by atoms with E-state index in [2.05, 4.69) is 20.3 Å². The van der Waals surface area contributed by atoms with E-state index in [0.717, 1.165) is 24.9 Å². The zero-order chi connectivity index (χ0) is 20.1. The highest BCUT2D eigenvalue weighted by Crippen LogP contribution is 2.18. The van der Waals surface area contributed by atoms with E-state index in [1.54, 1.807) is 25.2 Å². The molecule has 1 aromatic carbocycles. The number of aromatic amines is 1. The van der Waals surface area contributed by atoms with Crippen molar-refractivity contribution in [1.82, 2.24) is 29.4 Å². The van der Waals surface area contributed by atoms with Crippen molar-refractivity contribution in [3.05, 3.63) is 44.6 Å². The fourth-order valence-corrected chi connectivity index (χ4v) is 3.84. The Labute approximate surface area is 163 Å². The fraction of sp³-hybridized carbons (Fsp3) is 0.389. The molecule has 3 N–H and O–H groups in total. The molecule has 1 aliphatic rings. The Morgan fingerprint density at radius 1 is 1.28 bits per heavy atom. The van der Waals surface area contributed by atoms with Crippen molar-refractivity contribution >= 4 is 28.1 Å². The Kier molecular flexibility index (Phi) is 3.98. The molecule has 0 saturated carbocycles. The molecular formula is C18H20N8O3. The second kappa shape index (κ2) is 6.55. The highest BCUT2D eigenvalue weighted by Gasteiger charge is 2.22. The van der Waals surface area contributed by atoms with E-state index in [9.17, 15) is 9.59 Å². The molecular weight excluding hydrogens is 376 g/mol. The highest BCUT2D eigenvalue weighted by atomic mass is 16.6. The number of imidazole rings is 1. The first kappa shape index (κ1) is 17.6. The molecule has 0 amide bonds. The number of nitrogens with two attached hydrogens (primary N) is 1. The number of H-pyrrole nitrogens is 1. The van der Waals surface area contributed by atoms with E-state index in [0.29, 0.717) is 34.7 Å². The second-order valence-electron chi connectivity index (χ2n) is 7.43. The first-order valence-corrected chi connectivity index (χ1v) is 9.42. The number of nitrogens with zero attached hydrogens (tertiary/aromatic N) is 6. The number of hydrogen-bond donors (Lipinski definition) is 2. The van der Waals surface area contributed by atoms with Gasteiger partial charge in [-0.15, -0.1) is 0 Å². The van der Waals surface area contributed by atoms with Gasteiger partial charge in [0.05, 0.1) is 6.54 Å². The van der Waals surface area contributed by atoms with Crippen molar-refractivity contribution in [3.8, 4) is 0 Å². The normalized spacial score (nSPS) is 17.4. The summed E-state index contributed by atoms with van der Waals surface area (Å²) in [6, 6.07) is 5.34. The van der Waals surface area contributed by atoms with E-state index >= 15 is 0 Å². The van der Waals surface area contributed by atoms with Gasteiger partial charge in [0.25, 0.3) is 5.56 Å². The Balaban J connectivity index is 1.58. The van der Waals surface area contributed by atoms with E-state index in [4.69, 9.17) is 10.4 Å². The zero-order valence-electron chi connectivity index (χ0n) is 15.8. The molecule has 1 saturated heterocycles. The summed E-state index contributed by atoms with van der Waals surface area (Å²) in [5, 5.41) is 7.57. The fourth-order valence-electron chi connectivity index (χ4n) is 3.84. The van der Waals surface area contributed by atoms with Crippen LogP contribution in [0.25, 0.3) is 22.2 Å². The van der Waals surface area contributed by atoms with Gasteiger partial charge in [0.15, 0.2) is 11.2 Å². The Hall–Kier alpha value is -3.47. The summed E-state index contributed by atoms with van der Waals surface area (Å²) in [6.45, 7) is 1.57. The van der Waals surface area contributed by atoms with Crippen LogP contribution in [-0.4, -0.2) is 48.5 Å². The maximum Gasteiger partial charge on any atom is 0.332 e. The lowest BCUT2D eigenvalue weighted by atomic mass is 10.1. The van der Waals surface area contributed by atoms with Crippen molar-refractivity contribution in [2.45, 2.75) is 25.4 Å². The monoisotopic (exact) mass is 396 g/mol. The number of nitrogens with one attached hydrogen (secondary N) is 1. The summed E-state index contributed by atoms with van der Waals surface area (Å²) in [6.07, 6.45) is 1.92. The van der Waals surface area contributed by atoms with Gasteiger partial charge in [0.1, 0.15) is 11.0 Å². The molecule has 0 radical (unpaired) electrons. The van der Waals surface area contributed by atoms with Crippen LogP contribution in [0, 0.1) is 0 Å². The minimum absolute atomic E-state index is 0.0679. The average molecular weight is 396 g/mol. The van der Waals surface area contributed by atoms with E-state index < -0.39 is 11.2 Å². The van der Waals surface area contributed by atoms with Gasteiger partial charge in [-0.3, -0.25) is 13.9 Å². The molecule has 0 bridgehead atoms. The number of aromatic nitrogens is 6. The van der Waals surface area contributed by atoms with Gasteiger partial charge in [-0.25, -0.2) is 9.42 Å². The number of piperidine rings is 1. The van der Waals surface area contributed by atoms with Crippen LogP contribution < -0.4 is 21.9 Å². The number of benzene rings is 1. The highest BCUT2D eigenvalue weighted by molar-refractivity contribution is 5.74. The van der Waals surface area contributed by atoms with Crippen LogP contribution in [0.4, 0.5) is 5.95 Å². The lowest BCUT2D eigenvalue weighted by Crippen LogP contribution is -2.43. The minimum atomic E-state index is -0.436. The summed E-state index contributed by atoms with van der Waals surface area (Å²) in [5.74, 6) is 0.565. The molecule has 0 aliphatic carbocycles. The molecule has 1 fully saturated rings. The molecule has 11 heteroatoms. The third kappa shape index (κ3) is 2.90. The van der Waals surface area contributed by atoms with Crippen LogP contribution in [-0.2, 0) is 13.6 Å². The first-order valence-electron chi connectivity index (χ1n) is 9.42. The minimum Gasteiger partial charge on any atom is -0.341 e. The molecule has 3 aromatic heterocycles. The van der Waals surface area contributed by atoms with Gasteiger partial charge < -0.3 is 15.6 Å². The van der Waals surface area contributed by atoms with Gasteiger partial charge in [-0.05, 0) is 40.9 Å². The molecule has 4 heterocycles. The van der Waals surface area contributed by atoms with Crippen LogP contribution in [0.2, 0.25) is 0 Å². The molecule has 4 aromatic rings.